The van der Waals surface area contributed by atoms with Crippen molar-refractivity contribution in [3.8, 4) is 0 Å². The Balaban J connectivity index is 2.73. The summed E-state index contributed by atoms with van der Waals surface area (Å²) in [6.45, 7) is 0. The predicted molar refractivity (Wildman–Crippen MR) is 46.1 cm³/mol. The van der Waals surface area contributed by atoms with Crippen LogP contribution in [0.1, 0.15) is 10.5 Å². The van der Waals surface area contributed by atoms with E-state index in [0.717, 1.165) is 0 Å². The van der Waals surface area contributed by atoms with Gasteiger partial charge in [0.25, 0.3) is 5.69 Å². The fraction of sp³-hybridized carbons (Fsp3) is 0. The molecule has 0 aliphatic heterocycles. The predicted octanol–water partition coefficient (Wildman–Crippen LogP) is 1.55. The number of nitro benzene ring substituents is 1. The van der Waals surface area contributed by atoms with E-state index < -0.39 is 4.92 Å². The summed E-state index contributed by atoms with van der Waals surface area (Å²) in [5.74, 6) is 0. The van der Waals surface area contributed by atoms with E-state index in [1.54, 1.807) is 0 Å². The second-order valence-electron chi connectivity index (χ2n) is 2.62. The Morgan fingerprint density at radius 3 is 2.93 bits per heavy atom. The standard InChI is InChI=1S/C8H4N2O4/c11-4-7-6-3-5(10(12)13)1-2-8(6)14-9-7/h1-4H. The Labute approximate surface area is 77.3 Å². The maximum atomic E-state index is 10.5. The first kappa shape index (κ1) is 8.36. The molecule has 1 aromatic carbocycles. The second kappa shape index (κ2) is 2.91. The maximum Gasteiger partial charge on any atom is 0.270 e. The number of fused-ring (bicyclic) bond motifs is 1. The lowest BCUT2D eigenvalue weighted by Gasteiger charge is -1.89. The van der Waals surface area contributed by atoms with Crippen LogP contribution < -0.4 is 0 Å². The summed E-state index contributed by atoms with van der Waals surface area (Å²) in [6.07, 6.45) is 0.496. The van der Waals surface area contributed by atoms with Crippen molar-refractivity contribution in [1.82, 2.24) is 5.16 Å². The van der Waals surface area contributed by atoms with Crippen LogP contribution >= 0.6 is 0 Å². The summed E-state index contributed by atoms with van der Waals surface area (Å²) in [5.41, 5.74) is 0.338. The van der Waals surface area contributed by atoms with Crippen molar-refractivity contribution in [2.45, 2.75) is 0 Å². The molecular formula is C8H4N2O4. The number of aromatic nitrogens is 1. The molecule has 0 fully saturated rings. The third-order valence-corrected chi connectivity index (χ3v) is 1.80. The molecule has 0 unspecified atom stereocenters. The van der Waals surface area contributed by atoms with Gasteiger partial charge < -0.3 is 4.52 Å². The number of hydrogen-bond acceptors (Lipinski definition) is 5. The van der Waals surface area contributed by atoms with Gasteiger partial charge in [-0.1, -0.05) is 5.16 Å². The number of nitro groups is 1. The zero-order valence-corrected chi connectivity index (χ0v) is 6.84. The molecule has 0 aliphatic carbocycles. The highest BCUT2D eigenvalue weighted by molar-refractivity contribution is 5.94. The minimum atomic E-state index is -0.541. The lowest BCUT2D eigenvalue weighted by molar-refractivity contribution is -0.384. The van der Waals surface area contributed by atoms with Crippen molar-refractivity contribution >= 4 is 22.9 Å². The molecule has 0 aliphatic rings. The van der Waals surface area contributed by atoms with Gasteiger partial charge in [0, 0.05) is 12.1 Å². The van der Waals surface area contributed by atoms with Gasteiger partial charge in [-0.2, -0.15) is 0 Å². The van der Waals surface area contributed by atoms with Crippen LogP contribution in [0, 0.1) is 10.1 Å². The Morgan fingerprint density at radius 1 is 1.50 bits per heavy atom. The van der Waals surface area contributed by atoms with E-state index in [1.807, 2.05) is 0 Å². The van der Waals surface area contributed by atoms with Crippen molar-refractivity contribution in [1.29, 1.82) is 0 Å². The van der Waals surface area contributed by atoms with Crippen molar-refractivity contribution in [3.05, 3.63) is 34.0 Å². The molecule has 6 heteroatoms. The van der Waals surface area contributed by atoms with Gasteiger partial charge in [0.15, 0.2) is 17.6 Å². The van der Waals surface area contributed by atoms with Crippen molar-refractivity contribution in [2.75, 3.05) is 0 Å². The molecule has 2 aromatic rings. The average Bonchev–Trinajstić information content (AvgIpc) is 2.59. The van der Waals surface area contributed by atoms with Crippen LogP contribution in [0.15, 0.2) is 22.7 Å². The quantitative estimate of drug-likeness (QED) is 0.409. The zero-order valence-electron chi connectivity index (χ0n) is 6.84. The van der Waals surface area contributed by atoms with Gasteiger partial charge in [-0.25, -0.2) is 0 Å². The molecule has 0 N–H and O–H groups in total. The first-order valence-corrected chi connectivity index (χ1v) is 3.71. The number of rotatable bonds is 2. The third kappa shape index (κ3) is 1.13. The van der Waals surface area contributed by atoms with Gasteiger partial charge in [-0.05, 0) is 6.07 Å². The van der Waals surface area contributed by atoms with Gasteiger partial charge in [-0.15, -0.1) is 0 Å². The highest BCUT2D eigenvalue weighted by Crippen LogP contribution is 2.22. The van der Waals surface area contributed by atoms with Crippen molar-refractivity contribution in [3.63, 3.8) is 0 Å². The molecule has 0 saturated heterocycles. The molecule has 1 heterocycles. The first-order chi connectivity index (χ1) is 6.72. The van der Waals surface area contributed by atoms with E-state index in [9.17, 15) is 14.9 Å². The van der Waals surface area contributed by atoms with Crippen LogP contribution in [0.25, 0.3) is 11.0 Å². The minimum absolute atomic E-state index is 0.0729. The van der Waals surface area contributed by atoms with E-state index in [0.29, 0.717) is 17.3 Å². The van der Waals surface area contributed by atoms with E-state index >= 15 is 0 Å². The van der Waals surface area contributed by atoms with Crippen LogP contribution in [0.3, 0.4) is 0 Å². The monoisotopic (exact) mass is 192 g/mol. The van der Waals surface area contributed by atoms with Crippen molar-refractivity contribution < 1.29 is 14.2 Å². The highest BCUT2D eigenvalue weighted by Gasteiger charge is 2.12. The summed E-state index contributed by atoms with van der Waals surface area (Å²) < 4.78 is 4.77. The lowest BCUT2D eigenvalue weighted by Crippen LogP contribution is -1.87. The zero-order chi connectivity index (χ0) is 10.1. The Bertz CT molecular complexity index is 517. The molecule has 0 saturated carbocycles. The van der Waals surface area contributed by atoms with Crippen molar-refractivity contribution in [2.24, 2.45) is 0 Å². The van der Waals surface area contributed by atoms with Crippen LogP contribution in [0.2, 0.25) is 0 Å². The fourth-order valence-electron chi connectivity index (χ4n) is 1.14. The summed E-state index contributed by atoms with van der Waals surface area (Å²) in [7, 11) is 0. The van der Waals surface area contributed by atoms with Gasteiger partial charge in [0.1, 0.15) is 0 Å². The van der Waals surface area contributed by atoms with E-state index in [1.165, 1.54) is 18.2 Å². The highest BCUT2D eigenvalue weighted by atomic mass is 16.6. The molecule has 0 atom stereocenters. The molecule has 2 rings (SSSR count). The molecule has 1 aromatic heterocycles. The Hall–Kier alpha value is -2.24. The smallest absolute Gasteiger partial charge is 0.270 e. The molecule has 0 radical (unpaired) electrons. The number of hydrogen-bond donors (Lipinski definition) is 0. The van der Waals surface area contributed by atoms with Gasteiger partial charge in [-0.3, -0.25) is 14.9 Å². The first-order valence-electron chi connectivity index (χ1n) is 3.71. The third-order valence-electron chi connectivity index (χ3n) is 1.80. The van der Waals surface area contributed by atoms with Gasteiger partial charge in [0.2, 0.25) is 0 Å². The largest absolute Gasteiger partial charge is 0.356 e. The van der Waals surface area contributed by atoms with Gasteiger partial charge in [0.05, 0.1) is 10.3 Å². The number of nitrogens with zero attached hydrogens (tertiary/aromatic N) is 2. The molecule has 0 spiro atoms. The lowest BCUT2D eigenvalue weighted by atomic mass is 10.2. The topological polar surface area (TPSA) is 86.2 Å². The molecule has 6 nitrogen and oxygen atoms in total. The number of carbonyl (C=O) groups excluding carboxylic acids is 1. The number of carbonyl (C=O) groups is 1. The van der Waals surface area contributed by atoms with Gasteiger partial charge >= 0.3 is 0 Å². The van der Waals surface area contributed by atoms with Crippen LogP contribution in [0.4, 0.5) is 5.69 Å². The summed E-state index contributed by atoms with van der Waals surface area (Å²) >= 11 is 0. The van der Waals surface area contributed by atoms with E-state index in [-0.39, 0.29) is 11.4 Å². The Morgan fingerprint density at radius 2 is 2.29 bits per heavy atom. The summed E-state index contributed by atoms with van der Waals surface area (Å²) in [6, 6.07) is 3.96. The van der Waals surface area contributed by atoms with E-state index in [4.69, 9.17) is 4.52 Å². The molecule has 70 valence electrons. The average molecular weight is 192 g/mol. The SMILES string of the molecule is O=Cc1noc2ccc([N+](=O)[O-])cc12. The number of benzene rings is 1. The van der Waals surface area contributed by atoms with E-state index in [2.05, 4.69) is 5.16 Å². The van der Waals surface area contributed by atoms with Crippen LogP contribution in [-0.4, -0.2) is 16.4 Å². The second-order valence-corrected chi connectivity index (χ2v) is 2.62. The summed E-state index contributed by atoms with van der Waals surface area (Å²) in [5, 5.41) is 14.2. The Kier molecular flexibility index (Phi) is 1.74. The molecule has 14 heavy (non-hydrogen) atoms. The maximum absolute atomic E-state index is 10.5. The normalized spacial score (nSPS) is 10.3. The summed E-state index contributed by atoms with van der Waals surface area (Å²) in [4.78, 5) is 20.4. The number of aldehydes is 1. The molecule has 0 amide bonds. The molecule has 0 bridgehead atoms. The fourth-order valence-corrected chi connectivity index (χ4v) is 1.14. The molecular weight excluding hydrogens is 188 g/mol. The van der Waals surface area contributed by atoms with Crippen LogP contribution in [0.5, 0.6) is 0 Å². The minimum Gasteiger partial charge on any atom is -0.356 e. The number of non-ortho nitro benzene ring substituents is 1. The van der Waals surface area contributed by atoms with Crippen LogP contribution in [-0.2, 0) is 0 Å².